The lowest BCUT2D eigenvalue weighted by Crippen LogP contribution is -2.33. The molecule has 0 saturated carbocycles. The van der Waals surface area contributed by atoms with Crippen LogP contribution in [0, 0.1) is 0 Å². The van der Waals surface area contributed by atoms with Crippen LogP contribution < -0.4 is 11.2 Å². The number of hydrogen-bond donors (Lipinski definition) is 2. The third kappa shape index (κ3) is 1.98. The normalized spacial score (nSPS) is 10.8. The number of nitrogens with one attached hydrogen (secondary N) is 1. The van der Waals surface area contributed by atoms with E-state index in [4.69, 9.17) is 11.6 Å². The topological polar surface area (TPSA) is 75.1 Å². The maximum Gasteiger partial charge on any atom is 0.333 e. The maximum atomic E-state index is 12.4. The van der Waals surface area contributed by atoms with Crippen molar-refractivity contribution < 1.29 is 5.11 Å². The second-order valence-corrected chi connectivity index (χ2v) is 4.72. The molecule has 100 valence electrons. The maximum absolute atomic E-state index is 12.4. The van der Waals surface area contributed by atoms with E-state index in [-0.39, 0.29) is 5.75 Å². The average Bonchev–Trinajstić information content (AvgIpc) is 2.38. The molecule has 0 unspecified atom stereocenters. The minimum absolute atomic E-state index is 0.0203. The Labute approximate surface area is 117 Å². The molecule has 1 heterocycles. The van der Waals surface area contributed by atoms with Crippen LogP contribution in [0.1, 0.15) is 0 Å². The van der Waals surface area contributed by atoms with E-state index in [0.29, 0.717) is 21.6 Å². The Morgan fingerprint density at radius 3 is 2.65 bits per heavy atom. The first-order valence-corrected chi connectivity index (χ1v) is 6.18. The fourth-order valence-corrected chi connectivity index (χ4v) is 2.24. The number of H-pyrrole nitrogens is 1. The summed E-state index contributed by atoms with van der Waals surface area (Å²) in [5.74, 6) is -0.0203. The van der Waals surface area contributed by atoms with Crippen LogP contribution in [0.3, 0.4) is 0 Å². The molecule has 3 aromatic rings. The third-order valence-corrected chi connectivity index (χ3v) is 3.18. The van der Waals surface area contributed by atoms with Gasteiger partial charge in [0.2, 0.25) is 0 Å². The van der Waals surface area contributed by atoms with E-state index in [1.165, 1.54) is 24.3 Å². The zero-order valence-electron chi connectivity index (χ0n) is 10.1. The monoisotopic (exact) mass is 288 g/mol. The SMILES string of the molecule is O=c1[nH]c2cc(O)ccc2c(=O)n1-c1cccc(Cl)c1. The minimum atomic E-state index is -0.588. The molecule has 0 saturated heterocycles. The predicted molar refractivity (Wildman–Crippen MR) is 76.8 cm³/mol. The molecule has 3 rings (SSSR count). The van der Waals surface area contributed by atoms with Gasteiger partial charge >= 0.3 is 5.69 Å². The molecular weight excluding hydrogens is 280 g/mol. The van der Waals surface area contributed by atoms with Gasteiger partial charge in [0.1, 0.15) is 5.75 Å². The van der Waals surface area contributed by atoms with Crippen molar-refractivity contribution in [2.24, 2.45) is 0 Å². The van der Waals surface area contributed by atoms with Gasteiger partial charge in [-0.15, -0.1) is 0 Å². The molecule has 2 aromatic carbocycles. The highest BCUT2D eigenvalue weighted by Gasteiger charge is 2.10. The van der Waals surface area contributed by atoms with E-state index in [2.05, 4.69) is 4.98 Å². The molecule has 0 atom stereocenters. The highest BCUT2D eigenvalue weighted by Crippen LogP contribution is 2.16. The summed E-state index contributed by atoms with van der Waals surface area (Å²) in [7, 11) is 0. The van der Waals surface area contributed by atoms with Crippen LogP contribution in [0.15, 0.2) is 52.1 Å². The van der Waals surface area contributed by atoms with E-state index in [9.17, 15) is 14.7 Å². The zero-order chi connectivity index (χ0) is 14.3. The van der Waals surface area contributed by atoms with Gasteiger partial charge in [-0.1, -0.05) is 17.7 Å². The van der Waals surface area contributed by atoms with Crippen LogP contribution in [0.2, 0.25) is 5.02 Å². The molecular formula is C14H9ClN2O3. The number of aromatic amines is 1. The Morgan fingerprint density at radius 2 is 1.90 bits per heavy atom. The number of hydrogen-bond acceptors (Lipinski definition) is 3. The van der Waals surface area contributed by atoms with E-state index in [1.807, 2.05) is 0 Å². The smallest absolute Gasteiger partial charge is 0.333 e. The molecule has 0 fully saturated rings. The Hall–Kier alpha value is -2.53. The molecule has 0 aliphatic heterocycles. The van der Waals surface area contributed by atoms with Crippen LogP contribution in [-0.2, 0) is 0 Å². The molecule has 0 amide bonds. The summed E-state index contributed by atoms with van der Waals surface area (Å²) < 4.78 is 1.01. The van der Waals surface area contributed by atoms with E-state index in [0.717, 1.165) is 4.57 Å². The third-order valence-electron chi connectivity index (χ3n) is 2.95. The minimum Gasteiger partial charge on any atom is -0.508 e. The number of nitrogens with zero attached hydrogens (tertiary/aromatic N) is 1. The lowest BCUT2D eigenvalue weighted by atomic mass is 10.2. The molecule has 2 N–H and O–H groups in total. The molecule has 0 bridgehead atoms. The van der Waals surface area contributed by atoms with Gasteiger partial charge in [0.15, 0.2) is 0 Å². The summed E-state index contributed by atoms with van der Waals surface area (Å²) >= 11 is 5.88. The second kappa shape index (κ2) is 4.54. The van der Waals surface area contributed by atoms with Gasteiger partial charge in [-0.3, -0.25) is 4.79 Å². The number of halogens is 1. The van der Waals surface area contributed by atoms with Crippen LogP contribution in [0.5, 0.6) is 5.75 Å². The Morgan fingerprint density at radius 1 is 1.10 bits per heavy atom. The second-order valence-electron chi connectivity index (χ2n) is 4.28. The van der Waals surface area contributed by atoms with Crippen molar-refractivity contribution in [3.05, 3.63) is 68.3 Å². The van der Waals surface area contributed by atoms with Crippen molar-refractivity contribution in [2.75, 3.05) is 0 Å². The molecule has 0 aliphatic rings. The van der Waals surface area contributed by atoms with Crippen LogP contribution in [0.25, 0.3) is 16.6 Å². The molecule has 0 aliphatic carbocycles. The largest absolute Gasteiger partial charge is 0.508 e. The van der Waals surface area contributed by atoms with E-state index < -0.39 is 11.2 Å². The molecule has 0 spiro atoms. The molecule has 20 heavy (non-hydrogen) atoms. The number of aromatic hydroxyl groups is 1. The summed E-state index contributed by atoms with van der Waals surface area (Å²) in [6.45, 7) is 0. The van der Waals surface area contributed by atoms with Crippen molar-refractivity contribution in [2.45, 2.75) is 0 Å². The molecule has 5 nitrogen and oxygen atoms in total. The van der Waals surface area contributed by atoms with Crippen LogP contribution in [0.4, 0.5) is 0 Å². The highest BCUT2D eigenvalue weighted by atomic mass is 35.5. The van der Waals surface area contributed by atoms with E-state index >= 15 is 0 Å². The van der Waals surface area contributed by atoms with Crippen molar-refractivity contribution in [1.82, 2.24) is 9.55 Å². The average molecular weight is 289 g/mol. The van der Waals surface area contributed by atoms with Gasteiger partial charge in [-0.05, 0) is 30.3 Å². The van der Waals surface area contributed by atoms with Crippen LogP contribution >= 0.6 is 11.6 Å². The first-order chi connectivity index (χ1) is 9.56. The Balaban J connectivity index is 2.41. The molecule has 1 aromatic heterocycles. The fraction of sp³-hybridized carbons (Fsp3) is 0. The summed E-state index contributed by atoms with van der Waals surface area (Å²) in [5, 5.41) is 10.1. The van der Waals surface area contributed by atoms with Crippen LogP contribution in [-0.4, -0.2) is 14.7 Å². The predicted octanol–water partition coefficient (Wildman–Crippen LogP) is 2.04. The Bertz CT molecular complexity index is 928. The van der Waals surface area contributed by atoms with Gasteiger partial charge in [0.25, 0.3) is 5.56 Å². The molecule has 6 heteroatoms. The van der Waals surface area contributed by atoms with Gasteiger partial charge in [-0.25, -0.2) is 9.36 Å². The first-order valence-electron chi connectivity index (χ1n) is 5.80. The lowest BCUT2D eigenvalue weighted by molar-refractivity contribution is 0.476. The number of rotatable bonds is 1. The van der Waals surface area contributed by atoms with Gasteiger partial charge < -0.3 is 10.1 Å². The van der Waals surface area contributed by atoms with Gasteiger partial charge in [-0.2, -0.15) is 0 Å². The number of phenolic OH excluding ortho intramolecular Hbond substituents is 1. The number of benzene rings is 2. The van der Waals surface area contributed by atoms with Gasteiger partial charge in [0.05, 0.1) is 16.6 Å². The standard InChI is InChI=1S/C14H9ClN2O3/c15-8-2-1-3-9(6-8)17-13(19)11-5-4-10(18)7-12(11)16-14(17)20/h1-7,18H,(H,16,20). The van der Waals surface area contributed by atoms with E-state index in [1.54, 1.807) is 18.2 Å². The Kier molecular flexibility index (Phi) is 2.84. The number of phenols is 1. The lowest BCUT2D eigenvalue weighted by Gasteiger charge is -2.06. The van der Waals surface area contributed by atoms with Crippen molar-refractivity contribution in [1.29, 1.82) is 0 Å². The quantitative estimate of drug-likeness (QED) is 0.719. The van der Waals surface area contributed by atoms with Crippen molar-refractivity contribution >= 4 is 22.5 Å². The molecule has 0 radical (unpaired) electrons. The first kappa shape index (κ1) is 12.5. The van der Waals surface area contributed by atoms with Crippen molar-refractivity contribution in [3.63, 3.8) is 0 Å². The van der Waals surface area contributed by atoms with Crippen molar-refractivity contribution in [3.8, 4) is 11.4 Å². The number of aromatic nitrogens is 2. The number of fused-ring (bicyclic) bond motifs is 1. The van der Waals surface area contributed by atoms with Gasteiger partial charge in [0, 0.05) is 11.1 Å². The fourth-order valence-electron chi connectivity index (χ4n) is 2.06. The summed E-state index contributed by atoms with van der Waals surface area (Å²) in [6.07, 6.45) is 0. The summed E-state index contributed by atoms with van der Waals surface area (Å²) in [6, 6.07) is 10.7. The highest BCUT2D eigenvalue weighted by molar-refractivity contribution is 6.30. The summed E-state index contributed by atoms with van der Waals surface area (Å²) in [4.78, 5) is 27.0. The summed E-state index contributed by atoms with van der Waals surface area (Å²) in [5.41, 5.74) is -0.376. The zero-order valence-corrected chi connectivity index (χ0v) is 10.9.